The van der Waals surface area contributed by atoms with E-state index in [1.807, 2.05) is 0 Å². The molecule has 4 nitrogen and oxygen atoms in total. The minimum atomic E-state index is -4.59. The fourth-order valence-corrected chi connectivity index (χ4v) is 2.05. The first-order valence-corrected chi connectivity index (χ1v) is 6.00. The smallest absolute Gasteiger partial charge is 0.416 e. The van der Waals surface area contributed by atoms with E-state index in [0.717, 1.165) is 22.8 Å². The van der Waals surface area contributed by atoms with Crippen molar-refractivity contribution in [3.63, 3.8) is 0 Å². The maximum absolute atomic E-state index is 12.7. The third-order valence-electron chi connectivity index (χ3n) is 2.82. The minimum absolute atomic E-state index is 0.0866. The first kappa shape index (κ1) is 15.1. The van der Waals surface area contributed by atoms with Crippen molar-refractivity contribution < 1.29 is 23.4 Å². The summed E-state index contributed by atoms with van der Waals surface area (Å²) in [5.74, 6) is -1.05. The van der Waals surface area contributed by atoms with Crippen LogP contribution in [0.1, 0.15) is 11.1 Å². The molecule has 110 valence electrons. The van der Waals surface area contributed by atoms with Crippen molar-refractivity contribution in [1.82, 2.24) is 4.57 Å². The zero-order valence-electron chi connectivity index (χ0n) is 10.3. The highest BCUT2D eigenvalue weighted by Crippen LogP contribution is 2.38. The van der Waals surface area contributed by atoms with Crippen LogP contribution in [0.5, 0.6) is 11.8 Å². The van der Waals surface area contributed by atoms with Crippen LogP contribution < -0.4 is 0 Å². The summed E-state index contributed by atoms with van der Waals surface area (Å²) < 4.78 is 38.9. The van der Waals surface area contributed by atoms with Crippen LogP contribution in [0.2, 0.25) is 5.02 Å². The average molecular weight is 317 g/mol. The Morgan fingerprint density at radius 3 is 2.48 bits per heavy atom. The predicted octanol–water partition coefficient (Wildman–Crippen LogP) is 3.63. The van der Waals surface area contributed by atoms with Crippen LogP contribution in [-0.2, 0) is 12.6 Å². The Labute approximate surface area is 122 Å². The quantitative estimate of drug-likeness (QED) is 0.889. The van der Waals surface area contributed by atoms with Crippen molar-refractivity contribution >= 4 is 11.6 Å². The maximum atomic E-state index is 12.7. The van der Waals surface area contributed by atoms with E-state index in [-0.39, 0.29) is 22.7 Å². The second kappa shape index (κ2) is 5.22. The molecule has 1 aromatic carbocycles. The van der Waals surface area contributed by atoms with Gasteiger partial charge in [0.1, 0.15) is 0 Å². The Bertz CT molecular complexity index is 732. The highest BCUT2D eigenvalue weighted by atomic mass is 35.5. The van der Waals surface area contributed by atoms with Crippen LogP contribution in [0.3, 0.4) is 0 Å². The van der Waals surface area contributed by atoms with E-state index in [4.69, 9.17) is 16.9 Å². The van der Waals surface area contributed by atoms with Crippen LogP contribution in [-0.4, -0.2) is 14.8 Å². The molecule has 21 heavy (non-hydrogen) atoms. The zero-order valence-corrected chi connectivity index (χ0v) is 11.1. The fourth-order valence-electron chi connectivity index (χ4n) is 1.85. The van der Waals surface area contributed by atoms with E-state index in [0.29, 0.717) is 6.07 Å². The lowest BCUT2D eigenvalue weighted by atomic mass is 10.2. The summed E-state index contributed by atoms with van der Waals surface area (Å²) in [5.41, 5.74) is -1.12. The number of hydrogen-bond acceptors (Lipinski definition) is 3. The number of nitriles is 1. The number of nitrogens with zero attached hydrogens (tertiary/aromatic N) is 2. The normalized spacial score (nSPS) is 11.4. The largest absolute Gasteiger partial charge is 0.494 e. The molecule has 0 aliphatic carbocycles. The molecule has 0 aliphatic heterocycles. The Morgan fingerprint density at radius 1 is 1.24 bits per heavy atom. The van der Waals surface area contributed by atoms with Crippen molar-refractivity contribution in [2.24, 2.45) is 0 Å². The number of halogens is 4. The van der Waals surface area contributed by atoms with Crippen molar-refractivity contribution in [1.29, 1.82) is 5.26 Å². The van der Waals surface area contributed by atoms with Gasteiger partial charge in [-0.05, 0) is 18.2 Å². The molecule has 1 heterocycles. The molecular formula is C13H8ClF3N2O2. The molecule has 0 saturated carbocycles. The highest BCUT2D eigenvalue weighted by Gasteiger charge is 2.31. The standard InChI is InChI=1S/C13H8ClF3N2O2/c14-9-2-1-8(13(15,16)17)6-10(9)19-11(20)5-7(3-4-18)12(19)21/h1-2,5-6,20-21H,3H2. The Balaban J connectivity index is 2.65. The monoisotopic (exact) mass is 316 g/mol. The molecule has 0 radical (unpaired) electrons. The predicted molar refractivity (Wildman–Crippen MR) is 68.4 cm³/mol. The van der Waals surface area contributed by atoms with Crippen LogP contribution in [0, 0.1) is 11.3 Å². The molecule has 8 heteroatoms. The molecule has 2 rings (SSSR count). The first-order valence-electron chi connectivity index (χ1n) is 5.62. The molecule has 0 saturated heterocycles. The third-order valence-corrected chi connectivity index (χ3v) is 3.13. The summed E-state index contributed by atoms with van der Waals surface area (Å²) >= 11 is 5.84. The molecule has 0 fully saturated rings. The first-order chi connectivity index (χ1) is 9.75. The second-order valence-electron chi connectivity index (χ2n) is 4.19. The van der Waals surface area contributed by atoms with Crippen molar-refractivity contribution in [3.8, 4) is 23.5 Å². The molecule has 0 unspecified atom stereocenters. The third kappa shape index (κ3) is 2.76. The summed E-state index contributed by atoms with van der Waals surface area (Å²) in [6.45, 7) is 0. The number of aromatic nitrogens is 1. The van der Waals surface area contributed by atoms with Crippen molar-refractivity contribution in [2.75, 3.05) is 0 Å². The van der Waals surface area contributed by atoms with Crippen molar-refractivity contribution in [3.05, 3.63) is 40.4 Å². The molecule has 1 aromatic heterocycles. The topological polar surface area (TPSA) is 69.2 Å². The Hall–Kier alpha value is -2.33. The molecule has 2 N–H and O–H groups in total. The number of hydrogen-bond donors (Lipinski definition) is 2. The lowest BCUT2D eigenvalue weighted by molar-refractivity contribution is -0.137. The Kier molecular flexibility index (Phi) is 3.75. The molecule has 0 amide bonds. The zero-order chi connectivity index (χ0) is 15.8. The van der Waals surface area contributed by atoms with E-state index in [9.17, 15) is 23.4 Å². The number of aromatic hydroxyl groups is 2. The van der Waals surface area contributed by atoms with Gasteiger partial charge < -0.3 is 10.2 Å². The van der Waals surface area contributed by atoms with Gasteiger partial charge in [-0.15, -0.1) is 0 Å². The van der Waals surface area contributed by atoms with E-state index in [1.165, 1.54) is 0 Å². The number of alkyl halides is 3. The second-order valence-corrected chi connectivity index (χ2v) is 4.59. The summed E-state index contributed by atoms with van der Waals surface area (Å²) in [7, 11) is 0. The minimum Gasteiger partial charge on any atom is -0.494 e. The average Bonchev–Trinajstić information content (AvgIpc) is 2.65. The number of benzene rings is 1. The van der Waals surface area contributed by atoms with E-state index in [1.54, 1.807) is 6.07 Å². The van der Waals surface area contributed by atoms with Gasteiger partial charge in [-0.2, -0.15) is 18.4 Å². The summed E-state index contributed by atoms with van der Waals surface area (Å²) in [6.07, 6.45) is -4.80. The summed E-state index contributed by atoms with van der Waals surface area (Å²) in [4.78, 5) is 0. The van der Waals surface area contributed by atoms with Crippen LogP contribution >= 0.6 is 11.6 Å². The summed E-state index contributed by atoms with van der Waals surface area (Å²) in [6, 6.07) is 5.38. The van der Waals surface area contributed by atoms with Crippen LogP contribution in [0.4, 0.5) is 13.2 Å². The van der Waals surface area contributed by atoms with Gasteiger partial charge in [0, 0.05) is 11.6 Å². The van der Waals surface area contributed by atoms with Crippen LogP contribution in [0.25, 0.3) is 5.69 Å². The van der Waals surface area contributed by atoms with Gasteiger partial charge in [-0.3, -0.25) is 0 Å². The lowest BCUT2D eigenvalue weighted by Gasteiger charge is -2.13. The Morgan fingerprint density at radius 2 is 1.90 bits per heavy atom. The van der Waals surface area contributed by atoms with Gasteiger partial charge in [-0.1, -0.05) is 11.6 Å². The van der Waals surface area contributed by atoms with Gasteiger partial charge >= 0.3 is 6.18 Å². The van der Waals surface area contributed by atoms with Crippen molar-refractivity contribution in [2.45, 2.75) is 12.6 Å². The highest BCUT2D eigenvalue weighted by molar-refractivity contribution is 6.32. The number of rotatable bonds is 2. The molecular weight excluding hydrogens is 309 g/mol. The SMILES string of the molecule is N#CCc1cc(O)n(-c2cc(C(F)(F)F)ccc2Cl)c1O. The fraction of sp³-hybridized carbons (Fsp3) is 0.154. The molecule has 0 spiro atoms. The van der Waals surface area contributed by atoms with Gasteiger partial charge in [0.25, 0.3) is 0 Å². The van der Waals surface area contributed by atoms with E-state index < -0.39 is 23.5 Å². The molecule has 0 bridgehead atoms. The molecule has 0 atom stereocenters. The van der Waals surface area contributed by atoms with E-state index in [2.05, 4.69) is 0 Å². The molecule has 2 aromatic rings. The lowest BCUT2D eigenvalue weighted by Crippen LogP contribution is -2.06. The maximum Gasteiger partial charge on any atom is 0.416 e. The van der Waals surface area contributed by atoms with Gasteiger partial charge in [-0.25, -0.2) is 4.57 Å². The van der Waals surface area contributed by atoms with Gasteiger partial charge in [0.2, 0.25) is 5.88 Å². The summed E-state index contributed by atoms with van der Waals surface area (Å²) in [5, 5.41) is 28.2. The van der Waals surface area contributed by atoms with Crippen LogP contribution in [0.15, 0.2) is 24.3 Å². The molecule has 0 aliphatic rings. The van der Waals surface area contributed by atoms with E-state index >= 15 is 0 Å². The van der Waals surface area contributed by atoms with Gasteiger partial charge in [0.15, 0.2) is 5.88 Å². The van der Waals surface area contributed by atoms with Gasteiger partial charge in [0.05, 0.1) is 28.8 Å².